The number of rotatable bonds is 6. The van der Waals surface area contributed by atoms with Crippen LogP contribution in [0.1, 0.15) is 31.9 Å². The lowest BCUT2D eigenvalue weighted by Gasteiger charge is -2.33. The lowest BCUT2D eigenvalue weighted by atomic mass is 10.0. The maximum atomic E-state index is 13.0. The average molecular weight is 353 g/mol. The minimum absolute atomic E-state index is 0.0487. The van der Waals surface area contributed by atoms with Gasteiger partial charge in [0.15, 0.2) is 0 Å². The van der Waals surface area contributed by atoms with Crippen molar-refractivity contribution < 1.29 is 14.3 Å². The largest absolute Gasteiger partial charge is 0.444 e. The van der Waals surface area contributed by atoms with Crippen LogP contribution in [-0.4, -0.2) is 35.3 Å². The number of hydrogen-bond donors (Lipinski definition) is 0. The van der Waals surface area contributed by atoms with Gasteiger partial charge in [0, 0.05) is 6.54 Å². The standard InChI is InChI=1S/C22H27NO3/c1-22(2,3)26-21(24)23(15-18-12-8-5-9-13-18)19(20-16-25-20)14-17-10-6-4-7-11-17/h4-13,19-20H,14-16H2,1-3H3. The first-order chi connectivity index (χ1) is 12.4. The van der Waals surface area contributed by atoms with Crippen LogP contribution >= 0.6 is 0 Å². The van der Waals surface area contributed by atoms with Gasteiger partial charge in [0.25, 0.3) is 0 Å². The third-order valence-corrected chi connectivity index (χ3v) is 4.30. The summed E-state index contributed by atoms with van der Waals surface area (Å²) in [5.41, 5.74) is 1.74. The molecule has 1 saturated heterocycles. The van der Waals surface area contributed by atoms with E-state index in [1.807, 2.05) is 74.2 Å². The number of carbonyl (C=O) groups excluding carboxylic acids is 1. The van der Waals surface area contributed by atoms with Crippen molar-refractivity contribution in [3.05, 3.63) is 71.8 Å². The molecule has 0 bridgehead atoms. The van der Waals surface area contributed by atoms with Crippen LogP contribution in [0.2, 0.25) is 0 Å². The van der Waals surface area contributed by atoms with Gasteiger partial charge in [0.2, 0.25) is 0 Å². The molecule has 0 spiro atoms. The molecule has 0 radical (unpaired) electrons. The van der Waals surface area contributed by atoms with Gasteiger partial charge in [-0.3, -0.25) is 4.90 Å². The van der Waals surface area contributed by atoms with Crippen molar-refractivity contribution in [2.24, 2.45) is 0 Å². The Kier molecular flexibility index (Phi) is 5.62. The van der Waals surface area contributed by atoms with E-state index in [2.05, 4.69) is 12.1 Å². The van der Waals surface area contributed by atoms with E-state index < -0.39 is 5.60 Å². The van der Waals surface area contributed by atoms with Gasteiger partial charge in [-0.1, -0.05) is 60.7 Å². The fraction of sp³-hybridized carbons (Fsp3) is 0.409. The number of amides is 1. The molecule has 1 fully saturated rings. The van der Waals surface area contributed by atoms with Crippen molar-refractivity contribution >= 4 is 6.09 Å². The van der Waals surface area contributed by atoms with Gasteiger partial charge < -0.3 is 9.47 Å². The normalized spacial score (nSPS) is 17.4. The quantitative estimate of drug-likeness (QED) is 0.721. The summed E-state index contributed by atoms with van der Waals surface area (Å²) in [7, 11) is 0. The highest BCUT2D eigenvalue weighted by Crippen LogP contribution is 2.26. The summed E-state index contributed by atoms with van der Waals surface area (Å²) in [5.74, 6) is 0. The summed E-state index contributed by atoms with van der Waals surface area (Å²) in [5, 5.41) is 0. The lowest BCUT2D eigenvalue weighted by molar-refractivity contribution is 0.0108. The summed E-state index contributed by atoms with van der Waals surface area (Å²) in [6, 6.07) is 20.2. The second-order valence-corrected chi connectivity index (χ2v) is 7.72. The Hall–Kier alpha value is -2.33. The molecule has 2 aromatic rings. The van der Waals surface area contributed by atoms with Gasteiger partial charge in [-0.05, 0) is 38.3 Å². The molecule has 0 aromatic heterocycles. The summed E-state index contributed by atoms with van der Waals surface area (Å²) in [4.78, 5) is 14.8. The molecule has 1 heterocycles. The molecular formula is C22H27NO3. The van der Waals surface area contributed by atoms with Crippen LogP contribution in [0.5, 0.6) is 0 Å². The van der Waals surface area contributed by atoms with Crippen molar-refractivity contribution in [2.75, 3.05) is 6.61 Å². The average Bonchev–Trinajstić information content (AvgIpc) is 3.43. The van der Waals surface area contributed by atoms with Crippen LogP contribution in [0, 0.1) is 0 Å². The second-order valence-electron chi connectivity index (χ2n) is 7.72. The van der Waals surface area contributed by atoms with Gasteiger partial charge in [-0.15, -0.1) is 0 Å². The molecule has 1 aliphatic heterocycles. The first-order valence-electron chi connectivity index (χ1n) is 9.11. The molecule has 1 aliphatic rings. The van der Waals surface area contributed by atoms with Crippen LogP contribution < -0.4 is 0 Å². The van der Waals surface area contributed by atoms with Gasteiger partial charge >= 0.3 is 6.09 Å². The first-order valence-corrected chi connectivity index (χ1v) is 9.11. The molecule has 26 heavy (non-hydrogen) atoms. The minimum Gasteiger partial charge on any atom is -0.444 e. The zero-order chi connectivity index (χ0) is 18.6. The van der Waals surface area contributed by atoms with E-state index in [4.69, 9.17) is 9.47 Å². The van der Waals surface area contributed by atoms with Crippen molar-refractivity contribution in [3.63, 3.8) is 0 Å². The molecule has 0 saturated carbocycles. The molecule has 4 nitrogen and oxygen atoms in total. The van der Waals surface area contributed by atoms with Crippen LogP contribution in [0.15, 0.2) is 60.7 Å². The highest BCUT2D eigenvalue weighted by atomic mass is 16.6. The first kappa shape index (κ1) is 18.5. The third kappa shape index (κ3) is 5.33. The molecular weight excluding hydrogens is 326 g/mol. The van der Waals surface area contributed by atoms with E-state index in [0.29, 0.717) is 13.2 Å². The van der Waals surface area contributed by atoms with Gasteiger partial charge in [0.05, 0.1) is 12.6 Å². The predicted octanol–water partition coefficient (Wildman–Crippen LogP) is 4.43. The smallest absolute Gasteiger partial charge is 0.410 e. The number of nitrogens with zero attached hydrogens (tertiary/aromatic N) is 1. The van der Waals surface area contributed by atoms with Crippen molar-refractivity contribution in [2.45, 2.75) is 51.5 Å². The topological polar surface area (TPSA) is 42.1 Å². The second kappa shape index (κ2) is 7.92. The number of ether oxygens (including phenoxy) is 2. The maximum Gasteiger partial charge on any atom is 0.410 e. The van der Waals surface area contributed by atoms with Crippen molar-refractivity contribution in [1.29, 1.82) is 0 Å². The molecule has 2 atom stereocenters. The van der Waals surface area contributed by atoms with Crippen molar-refractivity contribution in [3.8, 4) is 0 Å². The third-order valence-electron chi connectivity index (χ3n) is 4.30. The molecule has 3 rings (SSSR count). The highest BCUT2D eigenvalue weighted by Gasteiger charge is 2.40. The Morgan fingerprint density at radius 2 is 1.62 bits per heavy atom. The summed E-state index contributed by atoms with van der Waals surface area (Å²) in [6.45, 7) is 6.88. The molecule has 138 valence electrons. The number of benzene rings is 2. The number of hydrogen-bond acceptors (Lipinski definition) is 3. The fourth-order valence-corrected chi connectivity index (χ4v) is 2.99. The zero-order valence-electron chi connectivity index (χ0n) is 15.7. The van der Waals surface area contributed by atoms with Gasteiger partial charge in [-0.2, -0.15) is 0 Å². The van der Waals surface area contributed by atoms with Crippen LogP contribution in [0.25, 0.3) is 0 Å². The number of carbonyl (C=O) groups is 1. The Labute approximate surface area is 155 Å². The van der Waals surface area contributed by atoms with Crippen LogP contribution in [0.3, 0.4) is 0 Å². The molecule has 1 amide bonds. The molecule has 2 aromatic carbocycles. The molecule has 2 unspecified atom stereocenters. The van der Waals surface area contributed by atoms with Crippen LogP contribution in [0.4, 0.5) is 4.79 Å². The fourth-order valence-electron chi connectivity index (χ4n) is 2.99. The Bertz CT molecular complexity index is 705. The Balaban J connectivity index is 1.84. The minimum atomic E-state index is -0.534. The van der Waals surface area contributed by atoms with Crippen LogP contribution in [-0.2, 0) is 22.4 Å². The highest BCUT2D eigenvalue weighted by molar-refractivity contribution is 5.69. The van der Waals surface area contributed by atoms with E-state index in [0.717, 1.165) is 12.0 Å². The molecule has 0 aliphatic carbocycles. The lowest BCUT2D eigenvalue weighted by Crippen LogP contribution is -2.46. The predicted molar refractivity (Wildman–Crippen MR) is 102 cm³/mol. The Morgan fingerprint density at radius 1 is 1.08 bits per heavy atom. The van der Waals surface area contributed by atoms with E-state index in [-0.39, 0.29) is 18.2 Å². The number of epoxide rings is 1. The molecule has 4 heteroatoms. The van der Waals surface area contributed by atoms with E-state index in [9.17, 15) is 4.79 Å². The molecule has 0 N–H and O–H groups in total. The van der Waals surface area contributed by atoms with E-state index in [1.54, 1.807) is 0 Å². The van der Waals surface area contributed by atoms with Gasteiger partial charge in [-0.25, -0.2) is 4.79 Å². The maximum absolute atomic E-state index is 13.0. The zero-order valence-corrected chi connectivity index (χ0v) is 15.7. The summed E-state index contributed by atoms with van der Waals surface area (Å²) in [6.07, 6.45) is 0.515. The summed E-state index contributed by atoms with van der Waals surface area (Å²) >= 11 is 0. The van der Waals surface area contributed by atoms with Crippen molar-refractivity contribution in [1.82, 2.24) is 4.90 Å². The van der Waals surface area contributed by atoms with E-state index in [1.165, 1.54) is 5.56 Å². The van der Waals surface area contributed by atoms with E-state index >= 15 is 0 Å². The Morgan fingerprint density at radius 3 is 2.12 bits per heavy atom. The van der Waals surface area contributed by atoms with Gasteiger partial charge in [0.1, 0.15) is 11.7 Å². The SMILES string of the molecule is CC(C)(C)OC(=O)N(Cc1ccccc1)C(Cc1ccccc1)C1CO1. The monoisotopic (exact) mass is 353 g/mol. The summed E-state index contributed by atoms with van der Waals surface area (Å²) < 4.78 is 11.3.